The predicted molar refractivity (Wildman–Crippen MR) is 108 cm³/mol. The minimum Gasteiger partial charge on any atom is -0.480 e. The lowest BCUT2D eigenvalue weighted by atomic mass is 9.96. The average Bonchev–Trinajstić information content (AvgIpc) is 2.72. The largest absolute Gasteiger partial charge is 0.480 e. The molecule has 0 aliphatic heterocycles. The van der Waals surface area contributed by atoms with Gasteiger partial charge in [0, 0.05) is 18.8 Å². The Morgan fingerprint density at radius 1 is 0.893 bits per heavy atom. The van der Waals surface area contributed by atoms with Gasteiger partial charge in [-0.2, -0.15) is 0 Å². The van der Waals surface area contributed by atoms with Crippen LogP contribution < -0.4 is 5.32 Å². The Bertz CT molecular complexity index is 927. The summed E-state index contributed by atoms with van der Waals surface area (Å²) in [7, 11) is 0. The number of pyridine rings is 1. The number of hydrogen-bond donors (Lipinski definition) is 2. The lowest BCUT2D eigenvalue weighted by Crippen LogP contribution is -2.42. The van der Waals surface area contributed by atoms with Gasteiger partial charge < -0.3 is 5.11 Å². The lowest BCUT2D eigenvalue weighted by Gasteiger charge is -2.17. The van der Waals surface area contributed by atoms with Crippen LogP contribution in [0.3, 0.4) is 0 Å². The summed E-state index contributed by atoms with van der Waals surface area (Å²) in [5.41, 5.74) is 3.94. The Kier molecular flexibility index (Phi) is 6.65. The zero-order chi connectivity index (χ0) is 19.8. The fourth-order valence-electron chi connectivity index (χ4n) is 3.09. The van der Waals surface area contributed by atoms with Crippen LogP contribution in [-0.4, -0.2) is 34.4 Å². The summed E-state index contributed by atoms with van der Waals surface area (Å²) in [4.78, 5) is 27.9. The van der Waals surface area contributed by atoms with Crippen LogP contribution in [0.1, 0.15) is 11.1 Å². The molecule has 0 aliphatic rings. The smallest absolute Gasteiger partial charge is 0.317 e. The number of carbonyl (C=O) groups is 2. The summed E-state index contributed by atoms with van der Waals surface area (Å²) in [5.74, 6) is -1.01. The maximum atomic E-state index is 12.9. The number of aliphatic carboxylic acids is 1. The molecule has 1 heterocycles. The SMILES string of the molecule is O=C(O)CN[C@@H](Cc1ccccc1)C(=O)Cc1cccc(-c2ccncc2)c1. The highest BCUT2D eigenvalue weighted by molar-refractivity contribution is 5.87. The van der Waals surface area contributed by atoms with E-state index in [0.717, 1.165) is 22.3 Å². The molecule has 0 fully saturated rings. The Balaban J connectivity index is 1.74. The topological polar surface area (TPSA) is 79.3 Å². The number of nitrogens with zero attached hydrogens (tertiary/aromatic N) is 1. The molecule has 28 heavy (non-hydrogen) atoms. The van der Waals surface area contributed by atoms with Crippen LogP contribution in [0.4, 0.5) is 0 Å². The summed E-state index contributed by atoms with van der Waals surface area (Å²) in [5, 5.41) is 11.9. The van der Waals surface area contributed by atoms with Crippen molar-refractivity contribution in [2.45, 2.75) is 18.9 Å². The highest BCUT2D eigenvalue weighted by Crippen LogP contribution is 2.20. The van der Waals surface area contributed by atoms with Crippen LogP contribution in [-0.2, 0) is 22.4 Å². The van der Waals surface area contributed by atoms with E-state index in [0.29, 0.717) is 6.42 Å². The number of rotatable bonds is 9. The van der Waals surface area contributed by atoms with Crippen LogP contribution in [0.5, 0.6) is 0 Å². The molecule has 5 heteroatoms. The van der Waals surface area contributed by atoms with Crippen molar-refractivity contribution in [3.8, 4) is 11.1 Å². The molecule has 0 saturated carbocycles. The summed E-state index contributed by atoms with van der Waals surface area (Å²) in [6.45, 7) is -0.250. The van der Waals surface area contributed by atoms with Gasteiger partial charge in [-0.3, -0.25) is 19.9 Å². The van der Waals surface area contributed by atoms with Gasteiger partial charge in [0.05, 0.1) is 12.6 Å². The molecule has 0 unspecified atom stereocenters. The summed E-state index contributed by atoms with van der Waals surface area (Å²) >= 11 is 0. The number of carboxylic acid groups (broad SMARTS) is 1. The van der Waals surface area contributed by atoms with E-state index in [1.54, 1.807) is 12.4 Å². The number of ketones is 1. The van der Waals surface area contributed by atoms with Gasteiger partial charge in [0.25, 0.3) is 0 Å². The molecule has 1 atom stereocenters. The third-order valence-corrected chi connectivity index (χ3v) is 4.49. The van der Waals surface area contributed by atoms with E-state index in [2.05, 4.69) is 10.3 Å². The second-order valence-electron chi connectivity index (χ2n) is 6.60. The standard InChI is InChI=1S/C23H22N2O3/c26-22(21(25-16-23(27)28)14-17-5-2-1-3-6-17)15-18-7-4-8-20(13-18)19-9-11-24-12-10-19/h1-13,21,25H,14-16H2,(H,27,28)/t21-/m0/s1. The molecule has 0 bridgehead atoms. The third kappa shape index (κ3) is 5.59. The Hall–Kier alpha value is -3.31. The molecule has 2 aromatic carbocycles. The Morgan fingerprint density at radius 2 is 1.61 bits per heavy atom. The van der Waals surface area contributed by atoms with Crippen LogP contribution in [0, 0.1) is 0 Å². The number of nitrogens with one attached hydrogen (secondary N) is 1. The van der Waals surface area contributed by atoms with Crippen LogP contribution in [0.2, 0.25) is 0 Å². The van der Waals surface area contributed by atoms with Crippen molar-refractivity contribution in [1.29, 1.82) is 0 Å². The van der Waals surface area contributed by atoms with Gasteiger partial charge in [0.2, 0.25) is 0 Å². The van der Waals surface area contributed by atoms with Gasteiger partial charge in [0.15, 0.2) is 5.78 Å². The van der Waals surface area contributed by atoms with Crippen molar-refractivity contribution < 1.29 is 14.7 Å². The molecule has 0 radical (unpaired) electrons. The third-order valence-electron chi connectivity index (χ3n) is 4.49. The number of aromatic nitrogens is 1. The number of hydrogen-bond acceptors (Lipinski definition) is 4. The molecular formula is C23H22N2O3. The van der Waals surface area contributed by atoms with E-state index in [-0.39, 0.29) is 18.7 Å². The van der Waals surface area contributed by atoms with Crippen LogP contribution in [0.25, 0.3) is 11.1 Å². The molecule has 1 aromatic heterocycles. The second kappa shape index (κ2) is 9.58. The van der Waals surface area contributed by atoms with Gasteiger partial charge in [-0.25, -0.2) is 0 Å². The van der Waals surface area contributed by atoms with Crippen molar-refractivity contribution in [2.75, 3.05) is 6.54 Å². The zero-order valence-electron chi connectivity index (χ0n) is 15.4. The van der Waals surface area contributed by atoms with E-state index in [9.17, 15) is 9.59 Å². The van der Waals surface area contributed by atoms with Crippen molar-refractivity contribution in [3.63, 3.8) is 0 Å². The number of carboxylic acids is 1. The van der Waals surface area contributed by atoms with Gasteiger partial charge in [-0.05, 0) is 40.8 Å². The molecular weight excluding hydrogens is 352 g/mol. The average molecular weight is 374 g/mol. The minimum atomic E-state index is -0.981. The summed E-state index contributed by atoms with van der Waals surface area (Å²) in [6, 6.07) is 20.7. The van der Waals surface area contributed by atoms with E-state index >= 15 is 0 Å². The normalized spacial score (nSPS) is 11.7. The van der Waals surface area contributed by atoms with E-state index < -0.39 is 12.0 Å². The molecule has 3 aromatic rings. The van der Waals surface area contributed by atoms with Crippen molar-refractivity contribution >= 4 is 11.8 Å². The minimum absolute atomic E-state index is 0.0306. The molecule has 0 spiro atoms. The summed E-state index contributed by atoms with van der Waals surface area (Å²) < 4.78 is 0. The molecule has 0 aliphatic carbocycles. The van der Waals surface area contributed by atoms with Crippen LogP contribution >= 0.6 is 0 Å². The fourth-order valence-corrected chi connectivity index (χ4v) is 3.09. The summed E-state index contributed by atoms with van der Waals surface area (Å²) in [6.07, 6.45) is 4.16. The molecule has 5 nitrogen and oxygen atoms in total. The first-order valence-corrected chi connectivity index (χ1v) is 9.13. The first kappa shape index (κ1) is 19.5. The quantitative estimate of drug-likeness (QED) is 0.601. The number of carbonyl (C=O) groups excluding carboxylic acids is 1. The number of benzene rings is 2. The Morgan fingerprint density at radius 3 is 2.32 bits per heavy atom. The maximum Gasteiger partial charge on any atom is 0.317 e. The van der Waals surface area contributed by atoms with E-state index in [1.165, 1.54) is 0 Å². The predicted octanol–water partition coefficient (Wildman–Crippen LogP) is 3.15. The highest BCUT2D eigenvalue weighted by Gasteiger charge is 2.20. The molecule has 142 valence electrons. The first-order chi connectivity index (χ1) is 13.6. The van der Waals surface area contributed by atoms with E-state index in [4.69, 9.17) is 5.11 Å². The van der Waals surface area contributed by atoms with Crippen molar-refractivity contribution in [1.82, 2.24) is 10.3 Å². The molecule has 3 rings (SSSR count). The van der Waals surface area contributed by atoms with Gasteiger partial charge >= 0.3 is 5.97 Å². The zero-order valence-corrected chi connectivity index (χ0v) is 15.4. The lowest BCUT2D eigenvalue weighted by molar-refractivity contribution is -0.136. The monoisotopic (exact) mass is 374 g/mol. The second-order valence-corrected chi connectivity index (χ2v) is 6.60. The van der Waals surface area contributed by atoms with Gasteiger partial charge in [-0.15, -0.1) is 0 Å². The van der Waals surface area contributed by atoms with Gasteiger partial charge in [-0.1, -0.05) is 54.6 Å². The van der Waals surface area contributed by atoms with E-state index in [1.807, 2.05) is 66.7 Å². The van der Waals surface area contributed by atoms with Gasteiger partial charge in [0.1, 0.15) is 0 Å². The highest BCUT2D eigenvalue weighted by atomic mass is 16.4. The van der Waals surface area contributed by atoms with Crippen LogP contribution in [0.15, 0.2) is 79.1 Å². The number of Topliss-reactive ketones (excluding diaryl/α,β-unsaturated/α-hetero) is 1. The van der Waals surface area contributed by atoms with Crippen molar-refractivity contribution in [2.24, 2.45) is 0 Å². The fraction of sp³-hybridized carbons (Fsp3) is 0.174. The molecule has 2 N–H and O–H groups in total. The maximum absolute atomic E-state index is 12.9. The molecule has 0 saturated heterocycles. The van der Waals surface area contributed by atoms with Crippen molar-refractivity contribution in [3.05, 3.63) is 90.3 Å². The molecule has 0 amide bonds. The first-order valence-electron chi connectivity index (χ1n) is 9.13. The Labute approximate surface area is 164 Å².